The normalized spacial score (nSPS) is 32.1. The number of esters is 1. The lowest BCUT2D eigenvalue weighted by Crippen LogP contribution is -2.54. The molecule has 5 aliphatic rings. The first-order chi connectivity index (χ1) is 21.8. The summed E-state index contributed by atoms with van der Waals surface area (Å²) in [7, 11) is 1.41. The molecule has 0 bridgehead atoms. The van der Waals surface area contributed by atoms with Crippen LogP contribution in [-0.4, -0.2) is 51.7 Å². The average molecular weight is 631 g/mol. The summed E-state index contributed by atoms with van der Waals surface area (Å²) in [5.74, 6) is 0.603. The quantitative estimate of drug-likeness (QED) is 0.416. The van der Waals surface area contributed by atoms with E-state index in [1.54, 1.807) is 12.2 Å². The molecule has 10 heteroatoms. The van der Waals surface area contributed by atoms with Gasteiger partial charge in [0.1, 0.15) is 39.9 Å². The van der Waals surface area contributed by atoms with Crippen molar-refractivity contribution in [3.05, 3.63) is 82.3 Å². The molecule has 0 aliphatic heterocycles. The molecule has 0 radical (unpaired) electrons. The third-order valence-corrected chi connectivity index (χ3v) is 10.7. The van der Waals surface area contributed by atoms with Gasteiger partial charge in [-0.15, -0.1) is 0 Å². The minimum Gasteiger partial charge on any atom is -0.507 e. The zero-order chi connectivity index (χ0) is 33.0. The molecule has 3 unspecified atom stereocenters. The fourth-order valence-corrected chi connectivity index (χ4v) is 8.44. The Kier molecular flexibility index (Phi) is 7.93. The SMILES string of the molecule is CC(=O)O[C@H]1CCC2C3CCC4=CC(=O)C=C[C@]4(O)C3CC[C@@]21C.COc1cc(O)c2c(=O)cc(C3(O)C=CC(=O)C=C3)oc2c1. The van der Waals surface area contributed by atoms with Crippen LogP contribution in [0.25, 0.3) is 11.0 Å². The Balaban J connectivity index is 0.000000162. The number of rotatable bonds is 3. The molecule has 3 fully saturated rings. The number of benzene rings is 1. The minimum absolute atomic E-state index is 0.00649. The first-order valence-electron chi connectivity index (χ1n) is 15.6. The van der Waals surface area contributed by atoms with Gasteiger partial charge in [0.15, 0.2) is 22.6 Å². The Labute approximate surface area is 265 Å². The predicted octanol–water partition coefficient (Wildman–Crippen LogP) is 4.34. The molecule has 3 saturated carbocycles. The molecular formula is C36H38O10. The molecule has 7 rings (SSSR count). The predicted molar refractivity (Wildman–Crippen MR) is 167 cm³/mol. The van der Waals surface area contributed by atoms with E-state index in [0.717, 1.165) is 50.2 Å². The van der Waals surface area contributed by atoms with Crippen LogP contribution in [0.15, 0.2) is 75.5 Å². The van der Waals surface area contributed by atoms with E-state index in [9.17, 15) is 34.5 Å². The fourth-order valence-electron chi connectivity index (χ4n) is 8.44. The number of ether oxygens (including phenoxy) is 2. The van der Waals surface area contributed by atoms with Crippen molar-refractivity contribution in [2.75, 3.05) is 7.11 Å². The van der Waals surface area contributed by atoms with Gasteiger partial charge in [-0.3, -0.25) is 19.2 Å². The maximum atomic E-state index is 12.2. The monoisotopic (exact) mass is 630 g/mol. The van der Waals surface area contributed by atoms with E-state index >= 15 is 0 Å². The summed E-state index contributed by atoms with van der Waals surface area (Å²) in [5.41, 5.74) is -2.15. The lowest BCUT2D eigenvalue weighted by molar-refractivity contribution is -0.158. The van der Waals surface area contributed by atoms with Gasteiger partial charge in [0, 0.05) is 30.5 Å². The molecule has 0 spiro atoms. The molecule has 1 heterocycles. The smallest absolute Gasteiger partial charge is 0.302 e. The Morgan fingerprint density at radius 2 is 1.65 bits per heavy atom. The van der Waals surface area contributed by atoms with Crippen molar-refractivity contribution in [2.45, 2.75) is 69.7 Å². The van der Waals surface area contributed by atoms with E-state index < -0.39 is 16.6 Å². The maximum Gasteiger partial charge on any atom is 0.302 e. The maximum absolute atomic E-state index is 12.2. The number of hydrogen-bond donors (Lipinski definition) is 3. The van der Waals surface area contributed by atoms with Gasteiger partial charge in [-0.2, -0.15) is 0 Å². The number of phenolic OH excluding ortho intramolecular Hbond substituents is 1. The van der Waals surface area contributed by atoms with Gasteiger partial charge in [0.05, 0.1) is 7.11 Å². The lowest BCUT2D eigenvalue weighted by Gasteiger charge is -2.55. The van der Waals surface area contributed by atoms with Crippen molar-refractivity contribution < 1.29 is 43.6 Å². The van der Waals surface area contributed by atoms with E-state index in [2.05, 4.69) is 6.92 Å². The Hall–Kier alpha value is -4.28. The highest BCUT2D eigenvalue weighted by Gasteiger charge is 2.60. The van der Waals surface area contributed by atoms with E-state index in [0.29, 0.717) is 17.6 Å². The molecule has 1 aromatic heterocycles. The standard InChI is InChI=1S/C20H26O4.C16H12O6/c1-12(21)24-18-6-5-16-15-4-3-13-11-14(22)7-10-20(13,23)17(15)8-9-19(16,18)2;1-21-10-6-11(18)15-12(19)8-14(22-13(15)7-10)16(20)4-2-9(17)3-5-16/h7,10-11,15-18,23H,3-6,8-9H2,1-2H3;2-8,18,20H,1H3/t15?,16?,17?,18-,19-,20+;/m0./s1. The van der Waals surface area contributed by atoms with Crippen molar-refractivity contribution in [3.8, 4) is 11.5 Å². The highest BCUT2D eigenvalue weighted by molar-refractivity contribution is 6.01. The first kappa shape index (κ1) is 31.7. The second-order valence-electron chi connectivity index (χ2n) is 13.3. The molecule has 0 saturated heterocycles. The number of carbonyl (C=O) groups excluding carboxylic acids is 3. The summed E-state index contributed by atoms with van der Waals surface area (Å²) < 4.78 is 16.2. The third kappa shape index (κ3) is 5.33. The summed E-state index contributed by atoms with van der Waals surface area (Å²) in [6.45, 7) is 3.76. The van der Waals surface area contributed by atoms with Crippen molar-refractivity contribution >= 4 is 28.5 Å². The van der Waals surface area contributed by atoms with Gasteiger partial charge in [-0.05, 0) is 104 Å². The average Bonchev–Trinajstić information content (AvgIpc) is 3.34. The van der Waals surface area contributed by atoms with Gasteiger partial charge < -0.3 is 29.2 Å². The van der Waals surface area contributed by atoms with Crippen molar-refractivity contribution in [2.24, 2.45) is 23.2 Å². The molecule has 3 N–H and O–H groups in total. The van der Waals surface area contributed by atoms with Gasteiger partial charge >= 0.3 is 5.97 Å². The summed E-state index contributed by atoms with van der Waals surface area (Å²) in [6, 6.07) is 3.82. The van der Waals surface area contributed by atoms with Gasteiger partial charge in [-0.25, -0.2) is 0 Å². The number of aromatic hydroxyl groups is 1. The third-order valence-electron chi connectivity index (χ3n) is 10.7. The molecule has 46 heavy (non-hydrogen) atoms. The van der Waals surface area contributed by atoms with E-state index in [1.807, 2.05) is 0 Å². The van der Waals surface area contributed by atoms with Crippen LogP contribution in [0.2, 0.25) is 0 Å². The van der Waals surface area contributed by atoms with Crippen molar-refractivity contribution in [1.82, 2.24) is 0 Å². The largest absolute Gasteiger partial charge is 0.507 e. The highest BCUT2D eigenvalue weighted by Crippen LogP contribution is 2.62. The molecule has 242 valence electrons. The molecule has 10 nitrogen and oxygen atoms in total. The second kappa shape index (κ2) is 11.5. The zero-order valence-electron chi connectivity index (χ0n) is 26.0. The Bertz CT molecular complexity index is 1780. The topological polar surface area (TPSA) is 161 Å². The van der Waals surface area contributed by atoms with E-state index in [4.69, 9.17) is 13.9 Å². The first-order valence-corrected chi connectivity index (χ1v) is 15.6. The minimum atomic E-state index is -1.69. The van der Waals surface area contributed by atoms with Crippen LogP contribution in [0.3, 0.4) is 0 Å². The number of fused-ring (bicyclic) bond motifs is 6. The zero-order valence-corrected chi connectivity index (χ0v) is 26.0. The number of phenols is 1. The molecule has 2 aromatic rings. The van der Waals surface area contributed by atoms with Crippen molar-refractivity contribution in [1.29, 1.82) is 0 Å². The molecular weight excluding hydrogens is 592 g/mol. The fraction of sp³-hybridized carbons (Fsp3) is 0.444. The lowest BCUT2D eigenvalue weighted by atomic mass is 9.51. The molecule has 1 aromatic carbocycles. The van der Waals surface area contributed by atoms with Gasteiger partial charge in [0.25, 0.3) is 0 Å². The number of allylic oxidation sites excluding steroid dienone is 4. The van der Waals surface area contributed by atoms with Crippen LogP contribution >= 0.6 is 0 Å². The van der Waals surface area contributed by atoms with E-state index in [1.165, 1.54) is 56.5 Å². The summed E-state index contributed by atoms with van der Waals surface area (Å²) in [6.07, 6.45) is 15.4. The van der Waals surface area contributed by atoms with Crippen LogP contribution in [0.5, 0.6) is 11.5 Å². The number of aliphatic hydroxyl groups is 2. The number of methoxy groups -OCH3 is 1. The van der Waals surface area contributed by atoms with E-state index in [-0.39, 0.29) is 57.5 Å². The van der Waals surface area contributed by atoms with Crippen LogP contribution in [0.1, 0.15) is 58.1 Å². The number of ketones is 2. The number of hydrogen-bond acceptors (Lipinski definition) is 10. The van der Waals surface area contributed by atoms with Crippen molar-refractivity contribution in [3.63, 3.8) is 0 Å². The molecule has 6 atom stereocenters. The van der Waals surface area contributed by atoms with Gasteiger partial charge in [0.2, 0.25) is 0 Å². The molecule has 0 amide bonds. The van der Waals surface area contributed by atoms with Crippen LogP contribution in [0, 0.1) is 23.2 Å². The summed E-state index contributed by atoms with van der Waals surface area (Å²) >= 11 is 0. The van der Waals surface area contributed by atoms with Crippen LogP contribution < -0.4 is 10.2 Å². The molecule has 5 aliphatic carbocycles. The number of carbonyl (C=O) groups is 3. The summed E-state index contributed by atoms with van der Waals surface area (Å²) in [4.78, 5) is 46.5. The Morgan fingerprint density at radius 1 is 0.935 bits per heavy atom. The Morgan fingerprint density at radius 3 is 2.35 bits per heavy atom. The summed E-state index contributed by atoms with van der Waals surface area (Å²) in [5, 5.41) is 31.7. The van der Waals surface area contributed by atoms with Gasteiger partial charge in [-0.1, -0.05) is 6.92 Å². The van der Waals surface area contributed by atoms with Crippen LogP contribution in [0.4, 0.5) is 0 Å². The second-order valence-corrected chi connectivity index (χ2v) is 13.3. The highest BCUT2D eigenvalue weighted by atomic mass is 16.5. The van der Waals surface area contributed by atoms with Crippen LogP contribution in [-0.2, 0) is 24.7 Å².